The van der Waals surface area contributed by atoms with Gasteiger partial charge in [-0.05, 0) is 27.8 Å². The van der Waals surface area contributed by atoms with Crippen LogP contribution in [0.3, 0.4) is 0 Å². The molecule has 0 aromatic heterocycles. The van der Waals surface area contributed by atoms with Crippen LogP contribution in [0.15, 0.2) is 0 Å². The molecule has 0 heterocycles. The highest BCUT2D eigenvalue weighted by Crippen LogP contribution is 1.86. The predicted octanol–water partition coefficient (Wildman–Crippen LogP) is -1.20. The highest BCUT2D eigenvalue weighted by Gasteiger charge is 2.18. The van der Waals surface area contributed by atoms with E-state index in [0.29, 0.717) is 0 Å². The van der Waals surface area contributed by atoms with Gasteiger partial charge in [0.2, 0.25) is 11.8 Å². The molecule has 92 valence electrons. The number of nitrogens with one attached hydrogen (secondary N) is 3. The summed E-state index contributed by atoms with van der Waals surface area (Å²) in [6.07, 6.45) is 0. The molecular formula is C10H19N3O3. The highest BCUT2D eigenvalue weighted by atomic mass is 16.2. The molecule has 0 rings (SSSR count). The number of ketones is 1. The van der Waals surface area contributed by atoms with Crippen LogP contribution in [0.5, 0.6) is 0 Å². The fraction of sp³-hybridized carbons (Fsp3) is 0.700. The number of hydrogen-bond donors (Lipinski definition) is 3. The van der Waals surface area contributed by atoms with E-state index in [2.05, 4.69) is 16.0 Å². The Labute approximate surface area is 95.2 Å². The zero-order chi connectivity index (χ0) is 12.7. The smallest absolute Gasteiger partial charge is 0.242 e. The summed E-state index contributed by atoms with van der Waals surface area (Å²) in [4.78, 5) is 33.4. The first-order valence-corrected chi connectivity index (χ1v) is 5.13. The minimum atomic E-state index is -0.650. The van der Waals surface area contributed by atoms with Crippen molar-refractivity contribution in [2.24, 2.45) is 0 Å². The molecule has 0 aromatic carbocycles. The van der Waals surface area contributed by atoms with Crippen LogP contribution in [0.1, 0.15) is 20.8 Å². The molecule has 0 saturated carbocycles. The summed E-state index contributed by atoms with van der Waals surface area (Å²) in [5.41, 5.74) is 0. The van der Waals surface area contributed by atoms with Crippen molar-refractivity contribution < 1.29 is 14.4 Å². The molecule has 16 heavy (non-hydrogen) atoms. The van der Waals surface area contributed by atoms with Crippen LogP contribution in [0.4, 0.5) is 0 Å². The fourth-order valence-corrected chi connectivity index (χ4v) is 0.900. The second-order valence-electron chi connectivity index (χ2n) is 3.66. The van der Waals surface area contributed by atoms with Gasteiger partial charge in [-0.15, -0.1) is 0 Å². The third-order valence-electron chi connectivity index (χ3n) is 2.09. The first kappa shape index (κ1) is 14.6. The molecule has 0 aliphatic carbocycles. The summed E-state index contributed by atoms with van der Waals surface area (Å²) in [6.45, 7) is 4.62. The molecule has 0 aliphatic rings. The van der Waals surface area contributed by atoms with Crippen molar-refractivity contribution >= 4 is 17.6 Å². The maximum atomic E-state index is 11.4. The highest BCUT2D eigenvalue weighted by molar-refractivity contribution is 5.91. The van der Waals surface area contributed by atoms with Crippen molar-refractivity contribution in [2.75, 3.05) is 13.6 Å². The number of rotatable bonds is 6. The average Bonchev–Trinajstić information content (AvgIpc) is 2.24. The normalized spacial score (nSPS) is 13.8. The lowest BCUT2D eigenvalue weighted by atomic mass is 10.2. The first-order valence-electron chi connectivity index (χ1n) is 5.13. The van der Waals surface area contributed by atoms with Crippen LogP contribution in [-0.2, 0) is 14.4 Å². The molecule has 0 aliphatic heterocycles. The molecule has 6 nitrogen and oxygen atoms in total. The van der Waals surface area contributed by atoms with Gasteiger partial charge < -0.3 is 16.0 Å². The van der Waals surface area contributed by atoms with Crippen LogP contribution in [0, 0.1) is 0 Å². The second-order valence-corrected chi connectivity index (χ2v) is 3.66. The standard InChI is InChI=1S/C10H19N3O3/c1-6(14)5-12-9(15)8(3)13-10(16)7(2)11-4/h7-8,11H,5H2,1-4H3,(H,12,15)(H,13,16)/t7-,8?/m0/s1. The van der Waals surface area contributed by atoms with Gasteiger partial charge in [0.15, 0.2) is 0 Å². The van der Waals surface area contributed by atoms with E-state index in [-0.39, 0.29) is 30.2 Å². The van der Waals surface area contributed by atoms with E-state index >= 15 is 0 Å². The Morgan fingerprint density at radius 2 is 1.62 bits per heavy atom. The van der Waals surface area contributed by atoms with E-state index in [9.17, 15) is 14.4 Å². The van der Waals surface area contributed by atoms with Gasteiger partial charge in [0.1, 0.15) is 11.8 Å². The number of amides is 2. The Bertz CT molecular complexity index is 278. The zero-order valence-electron chi connectivity index (χ0n) is 10.1. The Morgan fingerprint density at radius 3 is 2.06 bits per heavy atom. The Morgan fingerprint density at radius 1 is 1.06 bits per heavy atom. The van der Waals surface area contributed by atoms with Crippen molar-refractivity contribution in [1.82, 2.24) is 16.0 Å². The van der Waals surface area contributed by atoms with Crippen molar-refractivity contribution in [2.45, 2.75) is 32.9 Å². The SMILES string of the molecule is CN[C@@H](C)C(=O)NC(C)C(=O)NCC(C)=O. The maximum absolute atomic E-state index is 11.4. The quantitative estimate of drug-likeness (QED) is 0.534. The molecule has 0 fully saturated rings. The number of hydrogen-bond acceptors (Lipinski definition) is 4. The lowest BCUT2D eigenvalue weighted by Gasteiger charge is -2.16. The maximum Gasteiger partial charge on any atom is 0.242 e. The van der Waals surface area contributed by atoms with Crippen molar-refractivity contribution in [1.29, 1.82) is 0 Å². The van der Waals surface area contributed by atoms with Gasteiger partial charge in [-0.3, -0.25) is 14.4 Å². The van der Waals surface area contributed by atoms with Gasteiger partial charge in [0.05, 0.1) is 12.6 Å². The largest absolute Gasteiger partial charge is 0.347 e. The fourth-order valence-electron chi connectivity index (χ4n) is 0.900. The number of carbonyl (C=O) groups excluding carboxylic acids is 3. The van der Waals surface area contributed by atoms with Gasteiger partial charge in [0, 0.05) is 0 Å². The molecule has 6 heteroatoms. The third-order valence-corrected chi connectivity index (χ3v) is 2.09. The molecule has 0 radical (unpaired) electrons. The van der Waals surface area contributed by atoms with E-state index in [1.54, 1.807) is 20.9 Å². The van der Waals surface area contributed by atoms with Gasteiger partial charge >= 0.3 is 0 Å². The summed E-state index contributed by atoms with van der Waals surface area (Å²) in [7, 11) is 1.66. The lowest BCUT2D eigenvalue weighted by molar-refractivity contribution is -0.130. The lowest BCUT2D eigenvalue weighted by Crippen LogP contribution is -2.50. The molecule has 2 atom stereocenters. The second kappa shape index (κ2) is 6.95. The minimum Gasteiger partial charge on any atom is -0.347 e. The first-order chi connectivity index (χ1) is 7.38. The summed E-state index contributed by atoms with van der Waals surface area (Å²) >= 11 is 0. The topological polar surface area (TPSA) is 87.3 Å². The van der Waals surface area contributed by atoms with Crippen LogP contribution in [0.25, 0.3) is 0 Å². The Hall–Kier alpha value is -1.43. The van der Waals surface area contributed by atoms with Crippen LogP contribution in [0.2, 0.25) is 0 Å². The summed E-state index contributed by atoms with van der Waals surface area (Å²) < 4.78 is 0. The van der Waals surface area contributed by atoms with Crippen molar-refractivity contribution in [3.63, 3.8) is 0 Å². The molecule has 3 N–H and O–H groups in total. The predicted molar refractivity (Wildman–Crippen MR) is 59.8 cm³/mol. The molecule has 0 saturated heterocycles. The monoisotopic (exact) mass is 229 g/mol. The molecule has 0 aromatic rings. The molecule has 0 spiro atoms. The molecule has 2 amide bonds. The molecule has 0 bridgehead atoms. The van der Waals surface area contributed by atoms with Crippen molar-refractivity contribution in [3.05, 3.63) is 0 Å². The van der Waals surface area contributed by atoms with Crippen LogP contribution >= 0.6 is 0 Å². The van der Waals surface area contributed by atoms with E-state index in [4.69, 9.17) is 0 Å². The van der Waals surface area contributed by atoms with E-state index in [1.165, 1.54) is 6.92 Å². The molecule has 1 unspecified atom stereocenters. The summed E-state index contributed by atoms with van der Waals surface area (Å²) in [5.74, 6) is -0.754. The van der Waals surface area contributed by atoms with Crippen LogP contribution < -0.4 is 16.0 Å². The zero-order valence-corrected chi connectivity index (χ0v) is 10.1. The summed E-state index contributed by atoms with van der Waals surface area (Å²) in [5, 5.41) is 7.71. The van der Waals surface area contributed by atoms with Gasteiger partial charge in [0.25, 0.3) is 0 Å². The molecular weight excluding hydrogens is 210 g/mol. The Kier molecular flexibility index (Phi) is 6.32. The van der Waals surface area contributed by atoms with Gasteiger partial charge in [-0.2, -0.15) is 0 Å². The number of carbonyl (C=O) groups is 3. The van der Waals surface area contributed by atoms with E-state index < -0.39 is 6.04 Å². The van der Waals surface area contributed by atoms with Crippen molar-refractivity contribution in [3.8, 4) is 0 Å². The van der Waals surface area contributed by atoms with Gasteiger partial charge in [-0.1, -0.05) is 0 Å². The number of likely N-dealkylation sites (N-methyl/N-ethyl adjacent to an activating group) is 1. The summed E-state index contributed by atoms with van der Waals surface area (Å²) in [6, 6.07) is -1.01. The van der Waals surface area contributed by atoms with Crippen LogP contribution in [-0.4, -0.2) is 43.3 Å². The Balaban J connectivity index is 4.05. The van der Waals surface area contributed by atoms with Gasteiger partial charge in [-0.25, -0.2) is 0 Å². The average molecular weight is 229 g/mol. The number of Topliss-reactive ketones (excluding diaryl/α,β-unsaturated/α-hetero) is 1. The van der Waals surface area contributed by atoms with E-state index in [1.807, 2.05) is 0 Å². The third kappa shape index (κ3) is 5.45. The minimum absolute atomic E-state index is 0.0133. The van der Waals surface area contributed by atoms with E-state index in [0.717, 1.165) is 0 Å².